The zero-order valence-electron chi connectivity index (χ0n) is 17.6. The molecule has 160 valence electrons. The molecule has 0 fully saturated rings. The van der Waals surface area contributed by atoms with Crippen LogP contribution in [0.4, 0.5) is 11.4 Å². The minimum atomic E-state index is -1.03. The van der Waals surface area contributed by atoms with Crippen molar-refractivity contribution >= 4 is 46.6 Å². The number of aromatic nitrogens is 3. The molecular weight excluding hydrogens is 434 g/mol. The first-order valence-corrected chi connectivity index (χ1v) is 11.0. The van der Waals surface area contributed by atoms with E-state index < -0.39 is 10.8 Å². The number of rotatable bonds is 4. The van der Waals surface area contributed by atoms with Gasteiger partial charge in [0.05, 0.1) is 22.3 Å². The molecule has 1 unspecified atom stereocenters. The lowest BCUT2D eigenvalue weighted by atomic mass is 9.96. The average Bonchev–Trinajstić information content (AvgIpc) is 3.18. The third kappa shape index (κ3) is 3.81. The van der Waals surface area contributed by atoms with Crippen LogP contribution in [0.15, 0.2) is 53.9 Å². The number of nitrogens with zero attached hydrogens (tertiary/aromatic N) is 4. The number of carbonyl (C=O) groups is 2. The summed E-state index contributed by atoms with van der Waals surface area (Å²) in [7, 11) is 0. The number of thioether (sulfide) groups is 1. The topological polar surface area (TPSA) is 80.1 Å². The molecule has 1 N–H and O–H groups in total. The highest BCUT2D eigenvalue weighted by Gasteiger charge is 2.45. The molecule has 1 aliphatic heterocycles. The lowest BCUT2D eigenvalue weighted by Gasteiger charge is -2.43. The molecule has 7 nitrogen and oxygen atoms in total. The van der Waals surface area contributed by atoms with Crippen molar-refractivity contribution in [2.45, 2.75) is 43.6 Å². The maximum Gasteiger partial charge on any atom is 0.250 e. The second-order valence-corrected chi connectivity index (χ2v) is 9.60. The molecule has 2 heterocycles. The Hall–Kier alpha value is -2.84. The average molecular weight is 456 g/mol. The molecule has 1 aliphatic rings. The Morgan fingerprint density at radius 1 is 1.23 bits per heavy atom. The first-order valence-electron chi connectivity index (χ1n) is 9.78. The summed E-state index contributed by atoms with van der Waals surface area (Å²) in [5, 5.41) is 11.8. The number of hydrogen-bond donors (Lipinski definition) is 1. The fourth-order valence-electron chi connectivity index (χ4n) is 3.45. The molecule has 2 aromatic carbocycles. The Morgan fingerprint density at radius 3 is 2.71 bits per heavy atom. The number of anilines is 2. The van der Waals surface area contributed by atoms with Crippen molar-refractivity contribution in [2.75, 3.05) is 10.2 Å². The monoisotopic (exact) mass is 455 g/mol. The summed E-state index contributed by atoms with van der Waals surface area (Å²) in [6.45, 7) is 7.22. The van der Waals surface area contributed by atoms with Crippen molar-refractivity contribution in [3.8, 4) is 5.69 Å². The van der Waals surface area contributed by atoms with E-state index in [1.54, 1.807) is 42.6 Å². The summed E-state index contributed by atoms with van der Waals surface area (Å²) in [5.74, 6) is -0.414. The molecule has 0 aliphatic carbocycles. The SMILES string of the molecule is Cc1ccc(-n2cnnc2SC(C)C(=O)N2c3ccccc3NC(=O)C2(C)C)cc1Cl. The van der Waals surface area contributed by atoms with Gasteiger partial charge in [-0.25, -0.2) is 0 Å². The van der Waals surface area contributed by atoms with Crippen LogP contribution in [0.2, 0.25) is 5.02 Å². The predicted octanol–water partition coefficient (Wildman–Crippen LogP) is 4.47. The third-order valence-corrected chi connectivity index (χ3v) is 6.76. The van der Waals surface area contributed by atoms with Gasteiger partial charge in [0, 0.05) is 5.02 Å². The van der Waals surface area contributed by atoms with E-state index >= 15 is 0 Å². The molecule has 1 aromatic heterocycles. The number of amides is 2. The van der Waals surface area contributed by atoms with Crippen molar-refractivity contribution in [1.29, 1.82) is 0 Å². The van der Waals surface area contributed by atoms with Crippen LogP contribution in [0.1, 0.15) is 26.3 Å². The fourth-order valence-corrected chi connectivity index (χ4v) is 4.51. The first-order chi connectivity index (χ1) is 14.7. The van der Waals surface area contributed by atoms with E-state index in [1.807, 2.05) is 43.3 Å². The van der Waals surface area contributed by atoms with Crippen molar-refractivity contribution < 1.29 is 9.59 Å². The van der Waals surface area contributed by atoms with Gasteiger partial charge in [0.15, 0.2) is 5.16 Å². The van der Waals surface area contributed by atoms with Crippen LogP contribution in [0, 0.1) is 6.92 Å². The summed E-state index contributed by atoms with van der Waals surface area (Å²) in [6.07, 6.45) is 1.59. The van der Waals surface area contributed by atoms with Crippen LogP contribution in [0.3, 0.4) is 0 Å². The molecule has 0 saturated carbocycles. The molecule has 2 amide bonds. The smallest absolute Gasteiger partial charge is 0.250 e. The first kappa shape index (κ1) is 21.4. The van der Waals surface area contributed by atoms with E-state index in [9.17, 15) is 9.59 Å². The van der Waals surface area contributed by atoms with Gasteiger partial charge in [-0.05, 0) is 57.5 Å². The number of benzene rings is 2. The molecule has 31 heavy (non-hydrogen) atoms. The Balaban J connectivity index is 1.64. The number of hydrogen-bond acceptors (Lipinski definition) is 5. The van der Waals surface area contributed by atoms with E-state index in [0.29, 0.717) is 21.6 Å². The lowest BCUT2D eigenvalue weighted by molar-refractivity contribution is -0.126. The van der Waals surface area contributed by atoms with Crippen LogP contribution < -0.4 is 10.2 Å². The molecule has 0 saturated heterocycles. The van der Waals surface area contributed by atoms with Crippen LogP contribution >= 0.6 is 23.4 Å². The Bertz CT molecular complexity index is 1180. The molecular formula is C22H22ClN5O2S. The van der Waals surface area contributed by atoms with Gasteiger partial charge < -0.3 is 5.32 Å². The minimum absolute atomic E-state index is 0.186. The van der Waals surface area contributed by atoms with E-state index in [4.69, 9.17) is 11.6 Å². The van der Waals surface area contributed by atoms with Crippen molar-refractivity contribution in [1.82, 2.24) is 14.8 Å². The highest BCUT2D eigenvalue weighted by atomic mass is 35.5. The minimum Gasteiger partial charge on any atom is -0.322 e. The van der Waals surface area contributed by atoms with Crippen molar-refractivity contribution in [3.05, 3.63) is 59.4 Å². The zero-order chi connectivity index (χ0) is 22.3. The van der Waals surface area contributed by atoms with Crippen LogP contribution in [-0.2, 0) is 9.59 Å². The van der Waals surface area contributed by atoms with E-state index in [2.05, 4.69) is 15.5 Å². The number of carbonyl (C=O) groups excluding carboxylic acids is 2. The molecule has 9 heteroatoms. The van der Waals surface area contributed by atoms with Gasteiger partial charge in [0.2, 0.25) is 11.8 Å². The largest absolute Gasteiger partial charge is 0.322 e. The third-order valence-electron chi connectivity index (χ3n) is 5.31. The maximum atomic E-state index is 13.5. The number of aryl methyl sites for hydroxylation is 1. The Kier molecular flexibility index (Phi) is 5.53. The lowest BCUT2D eigenvalue weighted by Crippen LogP contribution is -2.60. The molecule has 0 bridgehead atoms. The Labute approximate surface area is 189 Å². The summed E-state index contributed by atoms with van der Waals surface area (Å²) < 4.78 is 1.79. The molecule has 4 rings (SSSR count). The second kappa shape index (κ2) is 8.01. The van der Waals surface area contributed by atoms with Gasteiger partial charge >= 0.3 is 0 Å². The van der Waals surface area contributed by atoms with E-state index in [0.717, 1.165) is 11.3 Å². The van der Waals surface area contributed by atoms with E-state index in [-0.39, 0.29) is 11.8 Å². The molecule has 1 atom stereocenters. The quantitative estimate of drug-likeness (QED) is 0.587. The maximum absolute atomic E-state index is 13.5. The summed E-state index contributed by atoms with van der Waals surface area (Å²) >= 11 is 7.56. The van der Waals surface area contributed by atoms with Gasteiger partial charge in [-0.2, -0.15) is 0 Å². The second-order valence-electron chi connectivity index (χ2n) is 7.88. The van der Waals surface area contributed by atoms with Gasteiger partial charge in [0.1, 0.15) is 11.9 Å². The molecule has 3 aromatic rings. The highest BCUT2D eigenvalue weighted by Crippen LogP contribution is 2.38. The van der Waals surface area contributed by atoms with Gasteiger partial charge in [-0.3, -0.25) is 19.1 Å². The van der Waals surface area contributed by atoms with Gasteiger partial charge in [0.25, 0.3) is 0 Å². The number of halogens is 1. The van der Waals surface area contributed by atoms with Crippen molar-refractivity contribution in [2.24, 2.45) is 0 Å². The van der Waals surface area contributed by atoms with Gasteiger partial charge in [-0.1, -0.05) is 41.6 Å². The number of para-hydroxylation sites is 2. The van der Waals surface area contributed by atoms with Crippen LogP contribution in [0.5, 0.6) is 0 Å². The zero-order valence-corrected chi connectivity index (χ0v) is 19.2. The molecule has 0 spiro atoms. The molecule has 0 radical (unpaired) electrons. The predicted molar refractivity (Wildman–Crippen MR) is 123 cm³/mol. The number of nitrogens with one attached hydrogen (secondary N) is 1. The van der Waals surface area contributed by atoms with Crippen LogP contribution in [-0.4, -0.2) is 37.4 Å². The standard InChI is InChI=1S/C22H22ClN5O2S/c1-13-9-10-15(11-16(13)23)27-12-24-26-21(27)31-14(2)19(29)28-18-8-6-5-7-17(18)25-20(30)22(28,3)4/h5-12,14H,1-4H3,(H,25,30). The van der Waals surface area contributed by atoms with Crippen molar-refractivity contribution in [3.63, 3.8) is 0 Å². The summed E-state index contributed by atoms with van der Waals surface area (Å²) in [5.41, 5.74) is 2.05. The number of fused-ring (bicyclic) bond motifs is 1. The van der Waals surface area contributed by atoms with Gasteiger partial charge in [-0.15, -0.1) is 10.2 Å². The Morgan fingerprint density at radius 2 is 1.97 bits per heavy atom. The van der Waals surface area contributed by atoms with E-state index in [1.165, 1.54) is 11.8 Å². The van der Waals surface area contributed by atoms with Crippen LogP contribution in [0.25, 0.3) is 5.69 Å². The summed E-state index contributed by atoms with van der Waals surface area (Å²) in [4.78, 5) is 27.8. The normalized spacial score (nSPS) is 15.9. The summed E-state index contributed by atoms with van der Waals surface area (Å²) in [6, 6.07) is 13.0. The highest BCUT2D eigenvalue weighted by molar-refractivity contribution is 8.00. The fraction of sp³-hybridized carbons (Fsp3) is 0.273.